The summed E-state index contributed by atoms with van der Waals surface area (Å²) in [5.41, 5.74) is 17.0. The van der Waals surface area contributed by atoms with Gasteiger partial charge in [0, 0.05) is 18.0 Å². The van der Waals surface area contributed by atoms with Gasteiger partial charge in [0.05, 0.1) is 16.9 Å². The van der Waals surface area contributed by atoms with Gasteiger partial charge < -0.3 is 16.2 Å². The lowest BCUT2D eigenvalue weighted by Gasteiger charge is -2.08. The topological polar surface area (TPSA) is 79.1 Å². The maximum Gasteiger partial charge on any atom is 0.120 e. The SMILES string of the molecule is Cn1nc(-c2cccc(OCc3ccccc3)c2)c2cc(N)c(N)cc21. The second-order valence-corrected chi connectivity index (χ2v) is 6.27. The van der Waals surface area contributed by atoms with E-state index in [1.54, 1.807) is 0 Å². The monoisotopic (exact) mass is 344 g/mol. The molecule has 0 unspecified atom stereocenters. The lowest BCUT2D eigenvalue weighted by Crippen LogP contribution is -1.95. The molecule has 0 bridgehead atoms. The van der Waals surface area contributed by atoms with Gasteiger partial charge in [-0.3, -0.25) is 4.68 Å². The molecule has 1 heterocycles. The third-order valence-electron chi connectivity index (χ3n) is 4.41. The van der Waals surface area contributed by atoms with Crippen LogP contribution in [-0.4, -0.2) is 9.78 Å². The molecule has 26 heavy (non-hydrogen) atoms. The van der Waals surface area contributed by atoms with E-state index in [0.717, 1.165) is 33.5 Å². The van der Waals surface area contributed by atoms with Gasteiger partial charge in [0.15, 0.2) is 0 Å². The molecule has 0 radical (unpaired) electrons. The van der Waals surface area contributed by atoms with Crippen molar-refractivity contribution >= 4 is 22.3 Å². The van der Waals surface area contributed by atoms with Gasteiger partial charge in [-0.2, -0.15) is 5.10 Å². The van der Waals surface area contributed by atoms with Crippen molar-refractivity contribution < 1.29 is 4.74 Å². The normalized spacial score (nSPS) is 11.0. The van der Waals surface area contributed by atoms with Crippen LogP contribution in [0, 0.1) is 0 Å². The number of ether oxygens (including phenoxy) is 1. The average molecular weight is 344 g/mol. The Hall–Kier alpha value is -3.47. The minimum absolute atomic E-state index is 0.525. The molecule has 4 N–H and O–H groups in total. The predicted octanol–water partition coefficient (Wildman–Crippen LogP) is 3.98. The van der Waals surface area contributed by atoms with Crippen LogP contribution in [0.1, 0.15) is 5.56 Å². The highest BCUT2D eigenvalue weighted by Gasteiger charge is 2.13. The molecule has 0 spiro atoms. The largest absolute Gasteiger partial charge is 0.489 e. The minimum atomic E-state index is 0.525. The Balaban J connectivity index is 1.68. The van der Waals surface area contributed by atoms with Crippen LogP contribution >= 0.6 is 0 Å². The zero-order valence-electron chi connectivity index (χ0n) is 14.5. The summed E-state index contributed by atoms with van der Waals surface area (Å²) >= 11 is 0. The Morgan fingerprint density at radius 2 is 1.69 bits per heavy atom. The molecule has 3 aromatic carbocycles. The molecule has 0 fully saturated rings. The summed E-state index contributed by atoms with van der Waals surface area (Å²) in [6.07, 6.45) is 0. The third-order valence-corrected chi connectivity index (χ3v) is 4.41. The van der Waals surface area contributed by atoms with E-state index in [1.165, 1.54) is 0 Å². The van der Waals surface area contributed by atoms with Gasteiger partial charge >= 0.3 is 0 Å². The van der Waals surface area contributed by atoms with Crippen LogP contribution in [0.15, 0.2) is 66.7 Å². The van der Waals surface area contributed by atoms with Crippen LogP contribution in [0.4, 0.5) is 11.4 Å². The number of benzene rings is 3. The van der Waals surface area contributed by atoms with Gasteiger partial charge in [0.25, 0.3) is 0 Å². The summed E-state index contributed by atoms with van der Waals surface area (Å²) in [6, 6.07) is 21.8. The van der Waals surface area contributed by atoms with E-state index >= 15 is 0 Å². The molecule has 0 atom stereocenters. The number of hydrogen-bond donors (Lipinski definition) is 2. The van der Waals surface area contributed by atoms with Crippen LogP contribution in [-0.2, 0) is 13.7 Å². The van der Waals surface area contributed by atoms with Crippen LogP contribution in [0.5, 0.6) is 5.75 Å². The fraction of sp³-hybridized carbons (Fsp3) is 0.0952. The Kier molecular flexibility index (Phi) is 3.97. The van der Waals surface area contributed by atoms with E-state index in [2.05, 4.69) is 5.10 Å². The first-order valence-corrected chi connectivity index (χ1v) is 8.40. The molecule has 0 aliphatic heterocycles. The van der Waals surface area contributed by atoms with Crippen molar-refractivity contribution in [3.8, 4) is 17.0 Å². The van der Waals surface area contributed by atoms with Crippen molar-refractivity contribution in [1.82, 2.24) is 9.78 Å². The molecule has 130 valence electrons. The van der Waals surface area contributed by atoms with Crippen molar-refractivity contribution in [3.63, 3.8) is 0 Å². The van der Waals surface area contributed by atoms with Crippen LogP contribution in [0.25, 0.3) is 22.2 Å². The maximum absolute atomic E-state index is 6.00. The first-order valence-electron chi connectivity index (χ1n) is 8.40. The number of nitrogens with zero attached hydrogens (tertiary/aromatic N) is 2. The van der Waals surface area contributed by atoms with E-state index in [1.807, 2.05) is 78.5 Å². The van der Waals surface area contributed by atoms with Gasteiger partial charge in [-0.15, -0.1) is 0 Å². The highest BCUT2D eigenvalue weighted by molar-refractivity contribution is 5.98. The third kappa shape index (κ3) is 2.95. The molecule has 1 aromatic heterocycles. The quantitative estimate of drug-likeness (QED) is 0.549. The molecule has 4 rings (SSSR count). The lowest BCUT2D eigenvalue weighted by atomic mass is 10.1. The molecular weight excluding hydrogens is 324 g/mol. The summed E-state index contributed by atoms with van der Waals surface area (Å²) in [4.78, 5) is 0. The summed E-state index contributed by atoms with van der Waals surface area (Å²) < 4.78 is 7.75. The summed E-state index contributed by atoms with van der Waals surface area (Å²) in [5, 5.41) is 5.62. The highest BCUT2D eigenvalue weighted by Crippen LogP contribution is 2.33. The average Bonchev–Trinajstić information content (AvgIpc) is 2.97. The molecule has 4 aromatic rings. The van der Waals surface area contributed by atoms with Gasteiger partial charge in [-0.25, -0.2) is 0 Å². The number of fused-ring (bicyclic) bond motifs is 1. The predicted molar refractivity (Wildman–Crippen MR) is 106 cm³/mol. The second kappa shape index (κ2) is 6.44. The first kappa shape index (κ1) is 16.0. The molecule has 0 amide bonds. The lowest BCUT2D eigenvalue weighted by molar-refractivity contribution is 0.306. The van der Waals surface area contributed by atoms with Crippen LogP contribution in [0.2, 0.25) is 0 Å². The van der Waals surface area contributed by atoms with Gasteiger partial charge in [0.2, 0.25) is 0 Å². The summed E-state index contributed by atoms with van der Waals surface area (Å²) in [5.74, 6) is 0.800. The van der Waals surface area contributed by atoms with E-state index in [4.69, 9.17) is 16.2 Å². The van der Waals surface area contributed by atoms with E-state index < -0.39 is 0 Å². The summed E-state index contributed by atoms with van der Waals surface area (Å²) in [6.45, 7) is 0.525. The zero-order chi connectivity index (χ0) is 18.1. The Morgan fingerprint density at radius 1 is 0.923 bits per heavy atom. The molecule has 0 aliphatic carbocycles. The second-order valence-electron chi connectivity index (χ2n) is 6.27. The van der Waals surface area contributed by atoms with Gasteiger partial charge in [-0.1, -0.05) is 42.5 Å². The van der Waals surface area contributed by atoms with Crippen molar-refractivity contribution in [2.45, 2.75) is 6.61 Å². The van der Waals surface area contributed by atoms with Crippen molar-refractivity contribution in [2.75, 3.05) is 11.5 Å². The minimum Gasteiger partial charge on any atom is -0.489 e. The molecule has 0 saturated heterocycles. The number of nitrogens with two attached hydrogens (primary N) is 2. The fourth-order valence-electron chi connectivity index (χ4n) is 3.02. The Bertz CT molecular complexity index is 1070. The van der Waals surface area contributed by atoms with E-state index in [9.17, 15) is 0 Å². The zero-order valence-corrected chi connectivity index (χ0v) is 14.5. The van der Waals surface area contributed by atoms with Crippen molar-refractivity contribution in [1.29, 1.82) is 0 Å². The van der Waals surface area contributed by atoms with Crippen molar-refractivity contribution in [2.24, 2.45) is 7.05 Å². The Labute approximate surface area is 151 Å². The van der Waals surface area contributed by atoms with E-state index in [0.29, 0.717) is 18.0 Å². The molecule has 0 aliphatic rings. The molecule has 0 saturated carbocycles. The number of hydrogen-bond acceptors (Lipinski definition) is 4. The molecule has 5 heteroatoms. The number of anilines is 2. The Morgan fingerprint density at radius 3 is 2.50 bits per heavy atom. The van der Waals surface area contributed by atoms with Gasteiger partial charge in [-0.05, 0) is 29.8 Å². The number of aromatic nitrogens is 2. The maximum atomic E-state index is 6.00. The van der Waals surface area contributed by atoms with E-state index in [-0.39, 0.29) is 0 Å². The summed E-state index contributed by atoms with van der Waals surface area (Å²) in [7, 11) is 1.90. The van der Waals surface area contributed by atoms with Crippen LogP contribution < -0.4 is 16.2 Å². The highest BCUT2D eigenvalue weighted by atomic mass is 16.5. The number of nitrogen functional groups attached to an aromatic ring is 2. The molecular formula is C21H20N4O. The van der Waals surface area contributed by atoms with Crippen molar-refractivity contribution in [3.05, 3.63) is 72.3 Å². The standard InChI is InChI=1S/C21H20N4O/c1-25-20-12-19(23)18(22)11-17(20)21(24-25)15-8-5-9-16(10-15)26-13-14-6-3-2-4-7-14/h2-12H,13,22-23H2,1H3. The molecule has 5 nitrogen and oxygen atoms in total. The van der Waals surface area contributed by atoms with Crippen LogP contribution in [0.3, 0.4) is 0 Å². The smallest absolute Gasteiger partial charge is 0.120 e. The number of rotatable bonds is 4. The van der Waals surface area contributed by atoms with Gasteiger partial charge in [0.1, 0.15) is 18.1 Å². The number of aryl methyl sites for hydroxylation is 1. The first-order chi connectivity index (χ1) is 12.6. The fourth-order valence-corrected chi connectivity index (χ4v) is 3.02.